The van der Waals surface area contributed by atoms with Crippen LogP contribution in [0.1, 0.15) is 68.1 Å². The Morgan fingerprint density at radius 3 is 2.28 bits per heavy atom. The number of anilines is 1. The number of amides is 1. The van der Waals surface area contributed by atoms with Gasteiger partial charge in [0.05, 0.1) is 5.56 Å². The molecule has 1 aromatic heterocycles. The Kier molecular flexibility index (Phi) is 6.48. The van der Waals surface area contributed by atoms with E-state index in [-0.39, 0.29) is 11.3 Å². The van der Waals surface area contributed by atoms with Crippen LogP contribution in [0, 0.1) is 5.41 Å². The Morgan fingerprint density at radius 2 is 1.66 bits per heavy atom. The molecule has 3 aromatic rings. The summed E-state index contributed by atoms with van der Waals surface area (Å²) in [7, 11) is 0. The van der Waals surface area contributed by atoms with Gasteiger partial charge in [0.25, 0.3) is 5.91 Å². The van der Waals surface area contributed by atoms with Crippen LogP contribution >= 0.6 is 0 Å². The molecule has 0 aliphatic rings. The molecule has 1 N–H and O–H groups in total. The minimum atomic E-state index is -0.593. The number of nitrogens with one attached hydrogen (secondary N) is 1. The van der Waals surface area contributed by atoms with Crippen LogP contribution in [0.3, 0.4) is 0 Å². The fourth-order valence-corrected chi connectivity index (χ4v) is 2.93. The van der Waals surface area contributed by atoms with Crippen LogP contribution in [-0.4, -0.2) is 27.6 Å². The second-order valence-corrected chi connectivity index (χ2v) is 9.86. The van der Waals surface area contributed by atoms with Gasteiger partial charge in [0.2, 0.25) is 11.7 Å². The van der Waals surface area contributed by atoms with Crippen molar-refractivity contribution in [3.05, 3.63) is 65.5 Å². The van der Waals surface area contributed by atoms with E-state index in [1.807, 2.05) is 0 Å². The zero-order valence-electron chi connectivity index (χ0n) is 19.4. The van der Waals surface area contributed by atoms with Crippen LogP contribution in [0.4, 0.5) is 5.69 Å². The van der Waals surface area contributed by atoms with Crippen molar-refractivity contribution in [1.29, 1.82) is 0 Å². The number of ether oxygens (including phenoxy) is 1. The lowest BCUT2D eigenvalue weighted by molar-refractivity contribution is 0.00694. The second-order valence-electron chi connectivity index (χ2n) is 9.86. The van der Waals surface area contributed by atoms with E-state index in [1.54, 1.807) is 69.3 Å². The van der Waals surface area contributed by atoms with Gasteiger partial charge in [-0.25, -0.2) is 4.79 Å². The number of carbonyl (C=O) groups excluding carboxylic acids is 2. The lowest BCUT2D eigenvalue weighted by Crippen LogP contribution is -2.24. The summed E-state index contributed by atoms with van der Waals surface area (Å²) < 4.78 is 10.7. The zero-order chi connectivity index (χ0) is 23.5. The first-order chi connectivity index (χ1) is 14.9. The third-order valence-electron chi connectivity index (χ3n) is 4.31. The van der Waals surface area contributed by atoms with Gasteiger partial charge in [-0.3, -0.25) is 4.79 Å². The van der Waals surface area contributed by atoms with Crippen molar-refractivity contribution < 1.29 is 18.8 Å². The quantitative estimate of drug-likeness (QED) is 0.529. The Labute approximate surface area is 188 Å². The van der Waals surface area contributed by atoms with E-state index in [1.165, 1.54) is 0 Å². The van der Waals surface area contributed by atoms with Crippen molar-refractivity contribution in [1.82, 2.24) is 10.1 Å². The average molecular weight is 436 g/mol. The van der Waals surface area contributed by atoms with E-state index >= 15 is 0 Å². The molecule has 1 amide bonds. The summed E-state index contributed by atoms with van der Waals surface area (Å²) in [6, 6.07) is 13.6. The SMILES string of the molecule is CC(C)(C)Cc1nc(-c2ccc(C(=O)Nc3cccc(C(=O)OC(C)(C)C)c3)cc2)no1. The van der Waals surface area contributed by atoms with Crippen molar-refractivity contribution in [2.24, 2.45) is 5.41 Å². The van der Waals surface area contributed by atoms with Gasteiger partial charge in [0.1, 0.15) is 5.60 Å². The maximum atomic E-state index is 12.7. The highest BCUT2D eigenvalue weighted by Gasteiger charge is 2.19. The highest BCUT2D eigenvalue weighted by atomic mass is 16.6. The molecule has 0 atom stereocenters. The largest absolute Gasteiger partial charge is 0.456 e. The Morgan fingerprint density at radius 1 is 0.969 bits per heavy atom. The third kappa shape index (κ3) is 6.51. The number of hydrogen-bond donors (Lipinski definition) is 1. The molecular formula is C25H29N3O4. The predicted octanol–water partition coefficient (Wildman–Crippen LogP) is 5.53. The number of benzene rings is 2. The maximum Gasteiger partial charge on any atom is 0.338 e. The average Bonchev–Trinajstić information content (AvgIpc) is 3.13. The molecule has 1 heterocycles. The Hall–Kier alpha value is -3.48. The Balaban J connectivity index is 1.68. The number of nitrogens with zero attached hydrogens (tertiary/aromatic N) is 2. The molecule has 7 heteroatoms. The van der Waals surface area contributed by atoms with Crippen molar-refractivity contribution in [2.75, 3.05) is 5.32 Å². The van der Waals surface area contributed by atoms with Gasteiger partial charge >= 0.3 is 5.97 Å². The van der Waals surface area contributed by atoms with Crippen LogP contribution in [0.5, 0.6) is 0 Å². The van der Waals surface area contributed by atoms with E-state index < -0.39 is 11.6 Å². The van der Waals surface area contributed by atoms with Crippen molar-refractivity contribution in [3.8, 4) is 11.4 Å². The van der Waals surface area contributed by atoms with E-state index in [9.17, 15) is 9.59 Å². The zero-order valence-corrected chi connectivity index (χ0v) is 19.4. The highest BCUT2D eigenvalue weighted by molar-refractivity contribution is 6.05. The minimum Gasteiger partial charge on any atom is -0.456 e. The minimum absolute atomic E-state index is 0.0482. The molecule has 2 aromatic carbocycles. The van der Waals surface area contributed by atoms with Crippen LogP contribution in [0.25, 0.3) is 11.4 Å². The fraction of sp³-hybridized carbons (Fsp3) is 0.360. The summed E-state index contributed by atoms with van der Waals surface area (Å²) in [6.07, 6.45) is 0.683. The molecule has 32 heavy (non-hydrogen) atoms. The summed E-state index contributed by atoms with van der Waals surface area (Å²) in [5.41, 5.74) is 1.56. The molecule has 168 valence electrons. The molecule has 0 fully saturated rings. The molecular weight excluding hydrogens is 406 g/mol. The first kappa shape index (κ1) is 23.2. The van der Waals surface area contributed by atoms with Crippen molar-refractivity contribution >= 4 is 17.6 Å². The summed E-state index contributed by atoms with van der Waals surface area (Å²) in [6.45, 7) is 11.7. The van der Waals surface area contributed by atoms with Crippen molar-refractivity contribution in [3.63, 3.8) is 0 Å². The highest BCUT2D eigenvalue weighted by Crippen LogP contribution is 2.23. The molecule has 0 unspecified atom stereocenters. The van der Waals surface area contributed by atoms with Gasteiger partial charge in [-0.2, -0.15) is 4.98 Å². The first-order valence-corrected chi connectivity index (χ1v) is 10.5. The smallest absolute Gasteiger partial charge is 0.338 e. The van der Waals surface area contributed by atoms with Crippen LogP contribution in [-0.2, 0) is 11.2 Å². The van der Waals surface area contributed by atoms with Gasteiger partial charge < -0.3 is 14.6 Å². The summed E-state index contributed by atoms with van der Waals surface area (Å²) in [5.74, 6) is 0.337. The predicted molar refractivity (Wildman–Crippen MR) is 122 cm³/mol. The van der Waals surface area contributed by atoms with E-state index in [0.29, 0.717) is 35.0 Å². The molecule has 0 saturated heterocycles. The number of carbonyl (C=O) groups is 2. The van der Waals surface area contributed by atoms with Crippen molar-refractivity contribution in [2.45, 2.75) is 53.6 Å². The topological polar surface area (TPSA) is 94.3 Å². The van der Waals surface area contributed by atoms with E-state index in [0.717, 1.165) is 5.56 Å². The fourth-order valence-electron chi connectivity index (χ4n) is 2.93. The summed E-state index contributed by atoms with van der Waals surface area (Å²) >= 11 is 0. The second kappa shape index (κ2) is 8.94. The van der Waals surface area contributed by atoms with Gasteiger partial charge in [0, 0.05) is 23.2 Å². The third-order valence-corrected chi connectivity index (χ3v) is 4.31. The molecule has 3 rings (SSSR count). The van der Waals surface area contributed by atoms with E-state index in [2.05, 4.69) is 36.2 Å². The molecule has 0 aliphatic carbocycles. The molecule has 0 radical (unpaired) electrons. The first-order valence-electron chi connectivity index (χ1n) is 10.5. The van der Waals surface area contributed by atoms with Gasteiger partial charge in [-0.05, 0) is 56.5 Å². The normalized spacial score (nSPS) is 11.8. The van der Waals surface area contributed by atoms with E-state index in [4.69, 9.17) is 9.26 Å². The molecule has 0 spiro atoms. The lowest BCUT2D eigenvalue weighted by Gasteiger charge is -2.19. The van der Waals surface area contributed by atoms with Gasteiger partial charge in [-0.1, -0.05) is 44.1 Å². The number of hydrogen-bond acceptors (Lipinski definition) is 6. The molecule has 0 bridgehead atoms. The summed E-state index contributed by atoms with van der Waals surface area (Å²) in [5, 5.41) is 6.84. The number of esters is 1. The number of rotatable bonds is 5. The lowest BCUT2D eigenvalue weighted by atomic mass is 9.92. The summed E-state index contributed by atoms with van der Waals surface area (Å²) in [4.78, 5) is 29.4. The number of aromatic nitrogens is 2. The van der Waals surface area contributed by atoms with Gasteiger partial charge in [0.15, 0.2) is 0 Å². The standard InChI is InChI=1S/C25H29N3O4/c1-24(2,3)15-20-27-21(28-32-20)16-10-12-17(13-11-16)22(29)26-19-9-7-8-18(14-19)23(30)31-25(4,5)6/h7-14H,15H2,1-6H3,(H,26,29). The van der Waals surface area contributed by atoms with Crippen LogP contribution < -0.4 is 5.32 Å². The van der Waals surface area contributed by atoms with Crippen LogP contribution in [0.15, 0.2) is 53.1 Å². The molecule has 0 aliphatic heterocycles. The van der Waals surface area contributed by atoms with Gasteiger partial charge in [-0.15, -0.1) is 0 Å². The molecule has 7 nitrogen and oxygen atoms in total. The maximum absolute atomic E-state index is 12.7. The van der Waals surface area contributed by atoms with Crippen LogP contribution in [0.2, 0.25) is 0 Å². The molecule has 0 saturated carbocycles. The Bertz CT molecular complexity index is 1100. The monoisotopic (exact) mass is 435 g/mol.